The molecule has 0 radical (unpaired) electrons. The molecule has 18 heavy (non-hydrogen) atoms. The van der Waals surface area contributed by atoms with Crippen LogP contribution in [-0.2, 0) is 0 Å². The minimum absolute atomic E-state index is 0.155. The second-order valence-electron chi connectivity index (χ2n) is 3.56. The summed E-state index contributed by atoms with van der Waals surface area (Å²) in [6.07, 6.45) is 0. The first-order valence-electron chi connectivity index (χ1n) is 5.09. The van der Waals surface area contributed by atoms with Crippen molar-refractivity contribution in [3.63, 3.8) is 0 Å². The van der Waals surface area contributed by atoms with Crippen molar-refractivity contribution >= 4 is 68.4 Å². The van der Waals surface area contributed by atoms with Crippen LogP contribution in [0.1, 0.15) is 10.4 Å². The van der Waals surface area contributed by atoms with Gasteiger partial charge in [-0.2, -0.15) is 0 Å². The minimum atomic E-state index is -0.155. The van der Waals surface area contributed by atoms with E-state index in [-0.39, 0.29) is 5.91 Å². The van der Waals surface area contributed by atoms with E-state index in [4.69, 9.17) is 11.6 Å². The molecule has 2 nitrogen and oxygen atoms in total. The second kappa shape index (κ2) is 6.21. The molecule has 0 heterocycles. The van der Waals surface area contributed by atoms with Crippen LogP contribution in [0.3, 0.4) is 0 Å². The van der Waals surface area contributed by atoms with Crippen molar-refractivity contribution < 1.29 is 4.79 Å². The molecule has 0 aliphatic rings. The molecule has 0 aliphatic carbocycles. The van der Waals surface area contributed by atoms with Crippen molar-refractivity contribution in [1.29, 1.82) is 0 Å². The van der Waals surface area contributed by atoms with Crippen molar-refractivity contribution in [3.8, 4) is 0 Å². The van der Waals surface area contributed by atoms with Gasteiger partial charge in [0, 0.05) is 12.7 Å². The molecule has 92 valence electrons. The summed E-state index contributed by atoms with van der Waals surface area (Å²) in [5, 5.41) is 3.45. The monoisotopic (exact) mass is 483 g/mol. The summed E-state index contributed by atoms with van der Waals surface area (Å²) in [4.78, 5) is 12.1. The summed E-state index contributed by atoms with van der Waals surface area (Å²) in [5.41, 5.74) is 1.36. The van der Waals surface area contributed by atoms with Crippen LogP contribution in [-0.4, -0.2) is 5.91 Å². The summed E-state index contributed by atoms with van der Waals surface area (Å²) >= 11 is 10.3. The highest BCUT2D eigenvalue weighted by atomic mass is 127. The first-order chi connectivity index (χ1) is 8.58. The van der Waals surface area contributed by atoms with Gasteiger partial charge in [-0.15, -0.1) is 0 Å². The maximum atomic E-state index is 12.1. The number of nitrogens with one attached hydrogen (secondary N) is 1. The lowest BCUT2D eigenvalue weighted by Crippen LogP contribution is -2.12. The van der Waals surface area contributed by atoms with E-state index >= 15 is 0 Å². The third-order valence-corrected chi connectivity index (χ3v) is 4.82. The summed E-state index contributed by atoms with van der Waals surface area (Å²) in [6.45, 7) is 0. The largest absolute Gasteiger partial charge is 0.321 e. The quantitative estimate of drug-likeness (QED) is 0.611. The molecule has 0 bridgehead atoms. The average Bonchev–Trinajstić information content (AvgIpc) is 2.35. The lowest BCUT2D eigenvalue weighted by molar-refractivity contribution is 0.102. The Morgan fingerprint density at radius 3 is 2.44 bits per heavy atom. The predicted octanol–water partition coefficient (Wildman–Crippen LogP) is 4.80. The smallest absolute Gasteiger partial charge is 0.255 e. The van der Waals surface area contributed by atoms with Gasteiger partial charge in [0.25, 0.3) is 5.91 Å². The highest BCUT2D eigenvalue weighted by molar-refractivity contribution is 14.1. The van der Waals surface area contributed by atoms with Crippen molar-refractivity contribution in [1.82, 2.24) is 0 Å². The van der Waals surface area contributed by atoms with Crippen molar-refractivity contribution in [2.45, 2.75) is 0 Å². The van der Waals surface area contributed by atoms with Gasteiger partial charge < -0.3 is 5.32 Å². The van der Waals surface area contributed by atoms with Gasteiger partial charge >= 0.3 is 0 Å². The van der Waals surface area contributed by atoms with Gasteiger partial charge in [-0.3, -0.25) is 4.79 Å². The van der Waals surface area contributed by atoms with E-state index in [2.05, 4.69) is 50.5 Å². The standard InChI is InChI=1S/C13H8ClI2NO/c14-9-7-8(5-6-10(9)15)13(18)17-12-4-2-1-3-11(12)16/h1-7H,(H,17,18). The second-order valence-corrected chi connectivity index (χ2v) is 6.29. The first kappa shape index (κ1) is 14.1. The number of anilines is 1. The molecule has 0 aromatic heterocycles. The molecule has 0 saturated heterocycles. The summed E-state index contributed by atoms with van der Waals surface area (Å²) in [7, 11) is 0. The maximum Gasteiger partial charge on any atom is 0.255 e. The van der Waals surface area contributed by atoms with Crippen LogP contribution in [0.5, 0.6) is 0 Å². The third kappa shape index (κ3) is 3.36. The molecule has 0 unspecified atom stereocenters. The Hall–Kier alpha value is -0.340. The summed E-state index contributed by atoms with van der Waals surface area (Å²) in [6, 6.07) is 12.9. The van der Waals surface area contributed by atoms with Crippen LogP contribution < -0.4 is 5.32 Å². The van der Waals surface area contributed by atoms with Gasteiger partial charge in [-0.25, -0.2) is 0 Å². The number of carbonyl (C=O) groups is 1. The van der Waals surface area contributed by atoms with Gasteiger partial charge in [0.05, 0.1) is 10.7 Å². The van der Waals surface area contributed by atoms with E-state index in [0.29, 0.717) is 10.6 Å². The van der Waals surface area contributed by atoms with E-state index < -0.39 is 0 Å². The normalized spacial score (nSPS) is 10.2. The van der Waals surface area contributed by atoms with E-state index in [1.807, 2.05) is 30.3 Å². The van der Waals surface area contributed by atoms with E-state index in [1.165, 1.54) is 0 Å². The summed E-state index contributed by atoms with van der Waals surface area (Å²) in [5.74, 6) is -0.155. The first-order valence-corrected chi connectivity index (χ1v) is 7.62. The number of rotatable bonds is 2. The minimum Gasteiger partial charge on any atom is -0.321 e. The van der Waals surface area contributed by atoms with E-state index in [9.17, 15) is 4.79 Å². The van der Waals surface area contributed by atoms with Gasteiger partial charge in [-0.1, -0.05) is 23.7 Å². The molecule has 0 fully saturated rings. The fraction of sp³-hybridized carbons (Fsp3) is 0. The summed E-state index contributed by atoms with van der Waals surface area (Å²) < 4.78 is 1.93. The number of para-hydroxylation sites is 1. The molecule has 1 amide bonds. The van der Waals surface area contributed by atoms with Crippen LogP contribution in [0.25, 0.3) is 0 Å². The van der Waals surface area contributed by atoms with Crippen LogP contribution in [0.2, 0.25) is 5.02 Å². The van der Waals surface area contributed by atoms with Crippen LogP contribution >= 0.6 is 56.8 Å². The molecule has 2 rings (SSSR count). The molecule has 5 heteroatoms. The number of amides is 1. The molecule has 0 saturated carbocycles. The highest BCUT2D eigenvalue weighted by Crippen LogP contribution is 2.21. The Balaban J connectivity index is 2.22. The van der Waals surface area contributed by atoms with Crippen LogP contribution in [0.4, 0.5) is 5.69 Å². The number of carbonyl (C=O) groups excluding carboxylic acids is 1. The number of hydrogen-bond acceptors (Lipinski definition) is 1. The Morgan fingerprint density at radius 2 is 1.78 bits per heavy atom. The lowest BCUT2D eigenvalue weighted by atomic mass is 10.2. The SMILES string of the molecule is O=C(Nc1ccccc1I)c1ccc(I)c(Cl)c1. The number of benzene rings is 2. The topological polar surface area (TPSA) is 29.1 Å². The third-order valence-electron chi connectivity index (χ3n) is 2.30. The molecule has 0 aliphatic heterocycles. The Bertz CT molecular complexity index is 601. The molecule has 1 N–H and O–H groups in total. The zero-order chi connectivity index (χ0) is 13.1. The van der Waals surface area contributed by atoms with Gasteiger partial charge in [0.2, 0.25) is 0 Å². The maximum absolute atomic E-state index is 12.1. The van der Waals surface area contributed by atoms with E-state index in [1.54, 1.807) is 12.1 Å². The molecular weight excluding hydrogens is 475 g/mol. The Kier molecular flexibility index (Phi) is 4.85. The van der Waals surface area contributed by atoms with Crippen LogP contribution in [0.15, 0.2) is 42.5 Å². The van der Waals surface area contributed by atoms with Crippen molar-refractivity contribution in [2.75, 3.05) is 5.32 Å². The fourth-order valence-electron chi connectivity index (χ4n) is 1.39. The molecule has 0 spiro atoms. The number of halogens is 3. The fourth-order valence-corrected chi connectivity index (χ4v) is 2.43. The predicted molar refractivity (Wildman–Crippen MR) is 91.3 cm³/mol. The molecule has 2 aromatic rings. The van der Waals surface area contributed by atoms with Crippen molar-refractivity contribution in [2.24, 2.45) is 0 Å². The molecule has 0 atom stereocenters. The van der Waals surface area contributed by atoms with E-state index in [0.717, 1.165) is 12.8 Å². The lowest BCUT2D eigenvalue weighted by Gasteiger charge is -2.07. The van der Waals surface area contributed by atoms with Crippen LogP contribution in [0, 0.1) is 7.14 Å². The Labute approximate surface area is 137 Å². The highest BCUT2D eigenvalue weighted by Gasteiger charge is 2.09. The van der Waals surface area contributed by atoms with Gasteiger partial charge in [0.1, 0.15) is 0 Å². The number of hydrogen-bond donors (Lipinski definition) is 1. The molecular formula is C13H8ClI2NO. The van der Waals surface area contributed by atoms with Gasteiger partial charge in [0.15, 0.2) is 0 Å². The zero-order valence-corrected chi connectivity index (χ0v) is 14.2. The zero-order valence-electron chi connectivity index (χ0n) is 9.08. The van der Waals surface area contributed by atoms with Gasteiger partial charge in [-0.05, 0) is 75.5 Å². The van der Waals surface area contributed by atoms with Crippen molar-refractivity contribution in [3.05, 3.63) is 60.2 Å². The Morgan fingerprint density at radius 1 is 1.06 bits per heavy atom. The molecule has 2 aromatic carbocycles. The average molecular weight is 483 g/mol.